The molecule has 21 heteroatoms. The predicted octanol–water partition coefficient (Wildman–Crippen LogP) is -12.6. The molecule has 0 saturated carbocycles. The van der Waals surface area contributed by atoms with Crippen molar-refractivity contribution in [3.8, 4) is 0 Å². The molecule has 3 aliphatic rings. The molecule has 3 fully saturated rings. The first-order valence-electron chi connectivity index (χ1n) is 13.2. The zero-order chi connectivity index (χ0) is 32.4. The van der Waals surface area contributed by atoms with Gasteiger partial charge in [-0.3, -0.25) is 4.79 Å². The predicted molar refractivity (Wildman–Crippen MR) is 127 cm³/mol. The van der Waals surface area contributed by atoms with Crippen LogP contribution < -0.4 is 40.0 Å². The summed E-state index contributed by atoms with van der Waals surface area (Å²) in [7, 11) is 0. The third-order valence-corrected chi connectivity index (χ3v) is 7.45. The maximum Gasteiger partial charge on any atom is 1.00 e. The van der Waals surface area contributed by atoms with Crippen LogP contribution in [0.25, 0.3) is 0 Å². The van der Waals surface area contributed by atoms with Crippen molar-refractivity contribution in [1.82, 2.24) is 5.32 Å². The molecule has 16 atom stereocenters. The van der Waals surface area contributed by atoms with E-state index in [1.807, 2.05) is 0 Å². The number of carboxylic acid groups (broad SMARTS) is 1. The van der Waals surface area contributed by atoms with Crippen molar-refractivity contribution < 1.29 is 124 Å². The smallest absolute Gasteiger partial charge is 0.544 e. The number of hydrogen-bond acceptors (Lipinski definition) is 19. The van der Waals surface area contributed by atoms with Gasteiger partial charge in [-0.05, 0) is 0 Å². The third kappa shape index (κ3) is 8.41. The van der Waals surface area contributed by atoms with Crippen LogP contribution in [-0.2, 0) is 33.3 Å². The van der Waals surface area contributed by atoms with Gasteiger partial charge in [-0.25, -0.2) is 0 Å². The van der Waals surface area contributed by atoms with Crippen molar-refractivity contribution in [2.24, 2.45) is 0 Å². The van der Waals surface area contributed by atoms with E-state index in [0.29, 0.717) is 0 Å². The Kier molecular flexibility index (Phi) is 14.7. The molecule has 20 nitrogen and oxygen atoms in total. The van der Waals surface area contributed by atoms with Crippen LogP contribution in [0.5, 0.6) is 0 Å². The van der Waals surface area contributed by atoms with Crippen LogP contribution in [0.15, 0.2) is 0 Å². The van der Waals surface area contributed by atoms with E-state index in [9.17, 15) is 70.9 Å². The Bertz CT molecular complexity index is 949. The maximum atomic E-state index is 12.2. The largest absolute Gasteiger partial charge is 1.00 e. The Balaban J connectivity index is 0.00000675. The summed E-state index contributed by atoms with van der Waals surface area (Å²) in [6.07, 6.45) is -27.3. The number of carboxylic acids is 1. The topological polar surface area (TPSA) is 338 Å². The summed E-state index contributed by atoms with van der Waals surface area (Å²) in [5.41, 5.74) is 0. The summed E-state index contributed by atoms with van der Waals surface area (Å²) < 4.78 is 26.5. The van der Waals surface area contributed by atoms with Gasteiger partial charge in [-0.15, -0.1) is 0 Å². The molecule has 0 aromatic rings. The number of aliphatic carboxylic acids is 1. The quantitative estimate of drug-likeness (QED) is 0.0919. The summed E-state index contributed by atoms with van der Waals surface area (Å²) in [6, 6.07) is -1.51. The first-order valence-corrected chi connectivity index (χ1v) is 13.2. The third-order valence-electron chi connectivity index (χ3n) is 7.45. The standard InChI is InChI=1S/C23H39NO19.Na/c1-6(27)24-11-7(28)2-23(22(37)38,43-19(11)12(30)8(29)3-25)39-5-10-13(31)14(32)17(35)21(41-10)42-18-9(4-26)40-20(36)16(34)15(18)33;/h7-21,25-26,28-36H,2-5H2,1H3,(H,24,27)(H,37,38);/q;+1/p-1/t7-,8+,9+,10+,11+,12+,13-,14-,15+,16+,17+,18+,19+,20?,21-,23?;/m0./s1. The van der Waals surface area contributed by atoms with Gasteiger partial charge in [-0.2, -0.15) is 0 Å². The number of amides is 1. The van der Waals surface area contributed by atoms with Crippen LogP contribution in [0.2, 0.25) is 0 Å². The van der Waals surface area contributed by atoms with Gasteiger partial charge in [0.05, 0.1) is 32.0 Å². The number of hydrogen-bond donors (Lipinski definition) is 12. The minimum Gasteiger partial charge on any atom is -0.544 e. The molecule has 44 heavy (non-hydrogen) atoms. The fourth-order valence-electron chi connectivity index (χ4n) is 5.04. The van der Waals surface area contributed by atoms with Gasteiger partial charge in [0.15, 0.2) is 12.6 Å². The van der Waals surface area contributed by atoms with Gasteiger partial charge >= 0.3 is 29.6 Å². The summed E-state index contributed by atoms with van der Waals surface area (Å²) in [6.45, 7) is -1.84. The number of ether oxygens (including phenoxy) is 5. The second-order valence-electron chi connectivity index (χ2n) is 10.5. The molecule has 250 valence electrons. The number of carbonyl (C=O) groups excluding carboxylic acids is 2. The molecule has 0 spiro atoms. The molecule has 1 amide bonds. The number of nitrogens with one attached hydrogen (secondary N) is 1. The van der Waals surface area contributed by atoms with E-state index in [1.165, 1.54) is 0 Å². The number of aliphatic hydroxyl groups excluding tert-OH is 11. The molecule has 0 aliphatic carbocycles. The molecule has 3 rings (SSSR count). The van der Waals surface area contributed by atoms with Gasteiger partial charge in [-0.1, -0.05) is 0 Å². The van der Waals surface area contributed by atoms with Gasteiger partial charge in [0.1, 0.15) is 73.1 Å². The minimum atomic E-state index is -2.94. The first kappa shape index (κ1) is 39.5. The molecular weight excluding hydrogens is 617 g/mol. The van der Waals surface area contributed by atoms with Crippen molar-refractivity contribution >= 4 is 11.9 Å². The Morgan fingerprint density at radius 2 is 1.59 bits per heavy atom. The van der Waals surface area contributed by atoms with Crippen LogP contribution in [0.1, 0.15) is 13.3 Å². The number of rotatable bonds is 11. The number of aliphatic hydroxyl groups is 11. The average Bonchev–Trinajstić information content (AvgIpc) is 2.96. The summed E-state index contributed by atoms with van der Waals surface area (Å²) in [4.78, 5) is 23.9. The Labute approximate surface area is 271 Å². The Morgan fingerprint density at radius 3 is 2.14 bits per heavy atom. The summed E-state index contributed by atoms with van der Waals surface area (Å²) >= 11 is 0. The van der Waals surface area contributed by atoms with Crippen LogP contribution in [0.3, 0.4) is 0 Å². The van der Waals surface area contributed by atoms with E-state index in [4.69, 9.17) is 23.7 Å². The van der Waals surface area contributed by atoms with Crippen molar-refractivity contribution in [3.63, 3.8) is 0 Å². The van der Waals surface area contributed by atoms with E-state index in [-0.39, 0.29) is 29.6 Å². The molecule has 3 heterocycles. The van der Waals surface area contributed by atoms with Crippen molar-refractivity contribution in [2.45, 2.75) is 111 Å². The molecule has 0 bridgehead atoms. The molecule has 3 aliphatic heterocycles. The fourth-order valence-corrected chi connectivity index (χ4v) is 5.04. The summed E-state index contributed by atoms with van der Waals surface area (Å²) in [5.74, 6) is -5.80. The first-order chi connectivity index (χ1) is 20.1. The Morgan fingerprint density at radius 1 is 0.955 bits per heavy atom. The molecule has 2 unspecified atom stereocenters. The van der Waals surface area contributed by atoms with Crippen LogP contribution in [-0.4, -0.2) is 186 Å². The molecule has 12 N–H and O–H groups in total. The molecule has 0 aromatic carbocycles. The molecule has 0 radical (unpaired) electrons. The normalized spacial score (nSPS) is 44.2. The van der Waals surface area contributed by atoms with Gasteiger partial charge in [0.25, 0.3) is 0 Å². The second-order valence-corrected chi connectivity index (χ2v) is 10.5. The van der Waals surface area contributed by atoms with Gasteiger partial charge < -0.3 is 95.1 Å². The van der Waals surface area contributed by atoms with E-state index < -0.39 is 136 Å². The van der Waals surface area contributed by atoms with E-state index in [0.717, 1.165) is 6.92 Å². The van der Waals surface area contributed by atoms with E-state index in [2.05, 4.69) is 5.32 Å². The molecule has 3 saturated heterocycles. The van der Waals surface area contributed by atoms with Crippen LogP contribution >= 0.6 is 0 Å². The van der Waals surface area contributed by atoms with Crippen molar-refractivity contribution in [2.75, 3.05) is 19.8 Å². The van der Waals surface area contributed by atoms with Gasteiger partial charge in [0, 0.05) is 13.3 Å². The van der Waals surface area contributed by atoms with Crippen LogP contribution in [0.4, 0.5) is 0 Å². The van der Waals surface area contributed by atoms with Crippen molar-refractivity contribution in [1.29, 1.82) is 0 Å². The fraction of sp³-hybridized carbons (Fsp3) is 0.913. The van der Waals surface area contributed by atoms with E-state index in [1.54, 1.807) is 0 Å². The van der Waals surface area contributed by atoms with Crippen LogP contribution in [0, 0.1) is 0 Å². The SMILES string of the molecule is CC(=O)N[C@H]1[C@H]([C@H](O)[C@H](O)CO)OC(OC[C@H]2O[C@@H](O[C@H]3[C@H](O)[C@@H](O)C(O)O[C@@H]3CO)[C@H](O)[C@@H](O)[C@H]2O)(C(=O)[O-])C[C@@H]1O.[Na+]. The summed E-state index contributed by atoms with van der Waals surface area (Å²) in [5, 5.41) is 126. The van der Waals surface area contributed by atoms with Crippen molar-refractivity contribution in [3.05, 3.63) is 0 Å². The van der Waals surface area contributed by atoms with Gasteiger partial charge in [0.2, 0.25) is 11.7 Å². The minimum absolute atomic E-state index is 0. The second kappa shape index (κ2) is 16.4. The number of carbonyl (C=O) groups is 2. The monoisotopic (exact) mass is 655 g/mol. The zero-order valence-corrected chi connectivity index (χ0v) is 25.7. The maximum absolute atomic E-state index is 12.2. The average molecular weight is 656 g/mol. The molecule has 0 aromatic heterocycles. The zero-order valence-electron chi connectivity index (χ0n) is 23.7. The van der Waals surface area contributed by atoms with E-state index >= 15 is 0 Å². The Hall–Kier alpha value is -0.700. The molecular formula is C23H38NNaO19.